The van der Waals surface area contributed by atoms with Crippen LogP contribution in [0.15, 0.2) is 60.8 Å². The molecule has 6 heteroatoms. The average Bonchev–Trinajstić information content (AvgIpc) is 3.08. The summed E-state index contributed by atoms with van der Waals surface area (Å²) in [6.45, 7) is 6.82. The summed E-state index contributed by atoms with van der Waals surface area (Å²) < 4.78 is 13.9. The minimum absolute atomic E-state index is 0.527. The molecule has 2 aromatic carbocycles. The van der Waals surface area contributed by atoms with Crippen LogP contribution in [0.4, 0.5) is 15.8 Å². The number of halogens is 1. The summed E-state index contributed by atoms with van der Waals surface area (Å²) in [5, 5.41) is 10.8. The van der Waals surface area contributed by atoms with Crippen LogP contribution in [0.1, 0.15) is 139 Å². The Morgan fingerprint density at radius 2 is 1.13 bits per heavy atom. The molecule has 1 heterocycles. The lowest BCUT2D eigenvalue weighted by Crippen LogP contribution is -2.25. The van der Waals surface area contributed by atoms with E-state index in [9.17, 15) is 14.5 Å². The molecule has 0 saturated heterocycles. The van der Waals surface area contributed by atoms with Gasteiger partial charge in [-0.15, -0.1) is 0 Å². The highest BCUT2D eigenvalue weighted by atomic mass is 19.1. The maximum atomic E-state index is 13.9. The van der Waals surface area contributed by atoms with Crippen molar-refractivity contribution in [2.24, 2.45) is 0 Å². The Kier molecular flexibility index (Phi) is 18.2. The van der Waals surface area contributed by atoms with E-state index in [1.54, 1.807) is 18.3 Å². The van der Waals surface area contributed by atoms with E-state index in [-0.39, 0.29) is 0 Å². The van der Waals surface area contributed by atoms with Gasteiger partial charge in [0.05, 0.1) is 10.6 Å². The fourth-order valence-corrected chi connectivity index (χ4v) is 5.80. The molecular formula is C41H56FN3O2. The zero-order valence-electron chi connectivity index (χ0n) is 28.8. The molecule has 5 nitrogen and oxygen atoms in total. The van der Waals surface area contributed by atoms with Crippen LogP contribution >= 0.6 is 0 Å². The van der Waals surface area contributed by atoms with Gasteiger partial charge in [0, 0.05) is 31.0 Å². The Morgan fingerprint density at radius 1 is 0.638 bits per heavy atom. The van der Waals surface area contributed by atoms with Crippen LogP contribution < -0.4 is 4.90 Å². The second kappa shape index (κ2) is 22.7. The van der Waals surface area contributed by atoms with Crippen LogP contribution in [0.5, 0.6) is 0 Å². The van der Waals surface area contributed by atoms with Crippen LogP contribution in [0.25, 0.3) is 24.3 Å². The molecule has 47 heavy (non-hydrogen) atoms. The number of nitro groups is 1. The fourth-order valence-electron chi connectivity index (χ4n) is 5.80. The number of anilines is 1. The van der Waals surface area contributed by atoms with Gasteiger partial charge in [-0.2, -0.15) is 4.39 Å². The summed E-state index contributed by atoms with van der Waals surface area (Å²) in [6.07, 6.45) is 30.9. The zero-order valence-corrected chi connectivity index (χ0v) is 28.8. The topological polar surface area (TPSA) is 59.3 Å². The molecule has 1 aromatic heterocycles. The Morgan fingerprint density at radius 3 is 1.64 bits per heavy atom. The Labute approximate surface area is 283 Å². The van der Waals surface area contributed by atoms with Crippen LogP contribution in [0, 0.1) is 15.9 Å². The number of benzene rings is 2. The predicted octanol–water partition coefficient (Wildman–Crippen LogP) is 12.6. The predicted molar refractivity (Wildman–Crippen MR) is 199 cm³/mol. The third-order valence-electron chi connectivity index (χ3n) is 8.71. The molecule has 254 valence electrons. The first kappa shape index (κ1) is 37.7. The molecule has 3 rings (SSSR count). The molecule has 0 bridgehead atoms. The third-order valence-corrected chi connectivity index (χ3v) is 8.71. The molecule has 0 unspecified atom stereocenters. The van der Waals surface area contributed by atoms with Crippen molar-refractivity contribution in [3.8, 4) is 0 Å². The lowest BCUT2D eigenvalue weighted by atomic mass is 10.1. The Bertz CT molecular complexity index is 1330. The summed E-state index contributed by atoms with van der Waals surface area (Å²) in [6, 6.07) is 16.7. The second-order valence-electron chi connectivity index (χ2n) is 12.7. The van der Waals surface area contributed by atoms with E-state index in [1.807, 2.05) is 12.1 Å². The van der Waals surface area contributed by atoms with Gasteiger partial charge < -0.3 is 4.90 Å². The van der Waals surface area contributed by atoms with Crippen LogP contribution in [-0.2, 0) is 0 Å². The molecule has 0 N–H and O–H groups in total. The Hall–Kier alpha value is -3.80. The molecular weight excluding hydrogens is 585 g/mol. The lowest BCUT2D eigenvalue weighted by Gasteiger charge is -2.25. The van der Waals surface area contributed by atoms with Gasteiger partial charge in [0.2, 0.25) is 5.82 Å². The van der Waals surface area contributed by atoms with Crippen molar-refractivity contribution < 1.29 is 9.31 Å². The van der Waals surface area contributed by atoms with Crippen molar-refractivity contribution in [2.75, 3.05) is 18.0 Å². The number of hydrogen-bond acceptors (Lipinski definition) is 4. The average molecular weight is 642 g/mol. The highest BCUT2D eigenvalue weighted by Gasteiger charge is 2.12. The summed E-state index contributed by atoms with van der Waals surface area (Å²) in [5.74, 6) is -0.849. The summed E-state index contributed by atoms with van der Waals surface area (Å²) in [5.41, 5.74) is 4.19. The molecule has 0 saturated carbocycles. The summed E-state index contributed by atoms with van der Waals surface area (Å²) in [7, 11) is 0. The molecule has 3 aromatic rings. The van der Waals surface area contributed by atoms with Gasteiger partial charge in [-0.1, -0.05) is 140 Å². The van der Waals surface area contributed by atoms with Crippen LogP contribution in [0.3, 0.4) is 0 Å². The van der Waals surface area contributed by atoms with Crippen molar-refractivity contribution in [3.05, 3.63) is 99.1 Å². The van der Waals surface area contributed by atoms with Gasteiger partial charge in [-0.3, -0.25) is 15.1 Å². The number of rotatable bonds is 24. The van der Waals surface area contributed by atoms with E-state index in [0.717, 1.165) is 36.0 Å². The summed E-state index contributed by atoms with van der Waals surface area (Å²) >= 11 is 0. The van der Waals surface area contributed by atoms with E-state index in [1.165, 1.54) is 121 Å². The quantitative estimate of drug-likeness (QED) is 0.0555. The molecule has 0 radical (unpaired) electrons. The first-order valence-electron chi connectivity index (χ1n) is 18.1. The molecule has 0 amide bonds. The number of unbranched alkanes of at least 4 members (excludes halogenated alkanes) is 14. The largest absolute Gasteiger partial charge is 0.372 e. The number of nitrogens with zero attached hydrogens (tertiary/aromatic N) is 3. The highest BCUT2D eigenvalue weighted by Crippen LogP contribution is 2.21. The zero-order chi connectivity index (χ0) is 33.5. The molecule has 0 fully saturated rings. The first-order valence-corrected chi connectivity index (χ1v) is 18.1. The van der Waals surface area contributed by atoms with E-state index >= 15 is 0 Å². The number of hydrogen-bond donors (Lipinski definition) is 0. The van der Waals surface area contributed by atoms with Crippen LogP contribution in [0.2, 0.25) is 0 Å². The SMILES string of the molecule is CCCCCCCCCCN(CCCCCCCCCC)c1ccc(/C=C/c2ccc(/C=C/c3ccc([N+](=O)[O-])c(F)c3)nc2)cc1. The van der Waals surface area contributed by atoms with Crippen molar-refractivity contribution in [3.63, 3.8) is 0 Å². The minimum atomic E-state index is -0.849. The number of aromatic nitrogens is 1. The van der Waals surface area contributed by atoms with Gasteiger partial charge in [-0.05, 0) is 65.9 Å². The van der Waals surface area contributed by atoms with E-state index in [2.05, 4.69) is 60.1 Å². The van der Waals surface area contributed by atoms with Gasteiger partial charge >= 0.3 is 5.69 Å². The van der Waals surface area contributed by atoms with Gasteiger partial charge in [0.25, 0.3) is 0 Å². The Balaban J connectivity index is 1.52. The van der Waals surface area contributed by atoms with Crippen molar-refractivity contribution in [1.82, 2.24) is 4.98 Å². The first-order chi connectivity index (χ1) is 23.0. The van der Waals surface area contributed by atoms with Crippen molar-refractivity contribution in [2.45, 2.75) is 117 Å². The van der Waals surface area contributed by atoms with Crippen molar-refractivity contribution in [1.29, 1.82) is 0 Å². The molecule has 0 aliphatic heterocycles. The maximum absolute atomic E-state index is 13.9. The maximum Gasteiger partial charge on any atom is 0.304 e. The molecule has 0 atom stereocenters. The minimum Gasteiger partial charge on any atom is -0.372 e. The lowest BCUT2D eigenvalue weighted by molar-refractivity contribution is -0.387. The molecule has 0 spiro atoms. The monoisotopic (exact) mass is 641 g/mol. The van der Waals surface area contributed by atoms with E-state index in [0.29, 0.717) is 5.56 Å². The number of nitro benzene ring substituents is 1. The van der Waals surface area contributed by atoms with Gasteiger partial charge in [0.1, 0.15) is 0 Å². The van der Waals surface area contributed by atoms with Crippen LogP contribution in [-0.4, -0.2) is 23.0 Å². The fraction of sp³-hybridized carbons (Fsp3) is 0.488. The smallest absolute Gasteiger partial charge is 0.304 e. The normalized spacial score (nSPS) is 11.6. The molecule has 0 aliphatic rings. The number of pyridine rings is 1. The van der Waals surface area contributed by atoms with E-state index in [4.69, 9.17) is 0 Å². The second-order valence-corrected chi connectivity index (χ2v) is 12.7. The van der Waals surface area contributed by atoms with E-state index < -0.39 is 16.4 Å². The molecule has 0 aliphatic carbocycles. The summed E-state index contributed by atoms with van der Waals surface area (Å²) in [4.78, 5) is 17.2. The standard InChI is InChI=1S/C41H56FN3O2/c1-3-5-7-9-11-13-15-17-31-44(32-18-16-14-12-10-8-6-4-2)39-28-23-35(24-29-39)19-20-37-22-27-38(43-34-37)26-21-36-25-30-41(45(46)47)40(42)33-36/h19-30,33-34H,3-18,31-32H2,1-2H3/b20-19+,26-21+. The van der Waals surface area contributed by atoms with Gasteiger partial charge in [0.15, 0.2) is 0 Å². The van der Waals surface area contributed by atoms with Crippen molar-refractivity contribution >= 4 is 35.7 Å². The highest BCUT2D eigenvalue weighted by molar-refractivity contribution is 5.72. The van der Waals surface area contributed by atoms with Gasteiger partial charge in [-0.25, -0.2) is 0 Å². The third kappa shape index (κ3) is 15.1.